The molecule has 4 heteroatoms. The molecule has 16 heavy (non-hydrogen) atoms. The summed E-state index contributed by atoms with van der Waals surface area (Å²) in [5.74, 6) is -0.369. The summed E-state index contributed by atoms with van der Waals surface area (Å²) in [6, 6.07) is 4.72. The van der Waals surface area contributed by atoms with Gasteiger partial charge in [0, 0.05) is 25.7 Å². The summed E-state index contributed by atoms with van der Waals surface area (Å²) >= 11 is 0. The lowest BCUT2D eigenvalue weighted by molar-refractivity contribution is 0.318. The van der Waals surface area contributed by atoms with Gasteiger partial charge in [0.2, 0.25) is 0 Å². The molecule has 0 bridgehead atoms. The van der Waals surface area contributed by atoms with Crippen LogP contribution in [0, 0.1) is 11.7 Å². The smallest absolute Gasteiger partial charge is 0.165 e. The highest BCUT2D eigenvalue weighted by atomic mass is 19.1. The van der Waals surface area contributed by atoms with Gasteiger partial charge in [0.25, 0.3) is 0 Å². The number of benzene rings is 1. The van der Waals surface area contributed by atoms with Crippen LogP contribution in [0.3, 0.4) is 0 Å². The molecule has 1 aromatic carbocycles. The molecule has 2 rings (SSSR count). The van der Waals surface area contributed by atoms with E-state index in [1.165, 1.54) is 12.1 Å². The van der Waals surface area contributed by atoms with Gasteiger partial charge < -0.3 is 10.8 Å². The largest absolute Gasteiger partial charge is 0.505 e. The number of hydrogen-bond donors (Lipinski definition) is 2. The molecule has 0 amide bonds. The Morgan fingerprint density at radius 2 is 2.25 bits per heavy atom. The molecule has 0 aromatic heterocycles. The van der Waals surface area contributed by atoms with Gasteiger partial charge in [-0.1, -0.05) is 13.0 Å². The molecular formula is C12H17FN2O. The number of halogens is 1. The van der Waals surface area contributed by atoms with E-state index < -0.39 is 5.82 Å². The van der Waals surface area contributed by atoms with Crippen LogP contribution in [0.1, 0.15) is 12.5 Å². The number of phenols is 1. The fourth-order valence-electron chi connectivity index (χ4n) is 2.13. The van der Waals surface area contributed by atoms with Crippen molar-refractivity contribution >= 4 is 0 Å². The van der Waals surface area contributed by atoms with E-state index in [0.717, 1.165) is 18.7 Å². The first-order chi connectivity index (χ1) is 7.56. The molecule has 1 aliphatic rings. The van der Waals surface area contributed by atoms with Gasteiger partial charge in [-0.15, -0.1) is 0 Å². The Balaban J connectivity index is 2.02. The lowest BCUT2D eigenvalue weighted by Gasteiger charge is -2.15. The van der Waals surface area contributed by atoms with Crippen LogP contribution in [0.4, 0.5) is 4.39 Å². The highest BCUT2D eigenvalue weighted by molar-refractivity contribution is 5.28. The summed E-state index contributed by atoms with van der Waals surface area (Å²) in [6.45, 7) is 4.62. The molecule has 1 fully saturated rings. The summed E-state index contributed by atoms with van der Waals surface area (Å²) in [5.41, 5.74) is 6.79. The van der Waals surface area contributed by atoms with Crippen molar-refractivity contribution in [2.24, 2.45) is 11.7 Å². The zero-order chi connectivity index (χ0) is 11.7. The van der Waals surface area contributed by atoms with Crippen LogP contribution in [0.25, 0.3) is 0 Å². The molecule has 0 saturated carbocycles. The number of nitrogens with zero attached hydrogens (tertiary/aromatic N) is 1. The first kappa shape index (κ1) is 11.4. The second kappa shape index (κ2) is 4.39. The minimum atomic E-state index is -0.561. The Bertz CT molecular complexity index is 373. The van der Waals surface area contributed by atoms with Gasteiger partial charge in [-0.05, 0) is 23.6 Å². The van der Waals surface area contributed by atoms with Crippen molar-refractivity contribution in [2.45, 2.75) is 19.5 Å². The van der Waals surface area contributed by atoms with Gasteiger partial charge in [-0.2, -0.15) is 0 Å². The van der Waals surface area contributed by atoms with Gasteiger partial charge in [0.1, 0.15) is 0 Å². The lowest BCUT2D eigenvalue weighted by atomic mass is 10.1. The molecule has 3 N–H and O–H groups in total. The molecule has 0 spiro atoms. The number of nitrogens with two attached hydrogens (primary N) is 1. The topological polar surface area (TPSA) is 49.5 Å². The Hall–Kier alpha value is -1.13. The first-order valence-corrected chi connectivity index (χ1v) is 5.51. The standard InChI is InChI=1S/C12H17FN2O/c1-8-5-15(7-11(8)14)6-9-2-3-12(16)10(13)4-9/h2-4,8,11,16H,5-7,14H2,1H3. The quantitative estimate of drug-likeness (QED) is 0.796. The third-order valence-electron chi connectivity index (χ3n) is 3.16. The Morgan fingerprint density at radius 3 is 2.81 bits per heavy atom. The first-order valence-electron chi connectivity index (χ1n) is 5.51. The fourth-order valence-corrected chi connectivity index (χ4v) is 2.13. The van der Waals surface area contributed by atoms with E-state index in [-0.39, 0.29) is 11.8 Å². The zero-order valence-corrected chi connectivity index (χ0v) is 9.36. The van der Waals surface area contributed by atoms with Gasteiger partial charge in [-0.3, -0.25) is 4.90 Å². The number of hydrogen-bond acceptors (Lipinski definition) is 3. The molecule has 3 nitrogen and oxygen atoms in total. The van der Waals surface area contributed by atoms with Crippen molar-refractivity contribution < 1.29 is 9.50 Å². The fraction of sp³-hybridized carbons (Fsp3) is 0.500. The molecule has 0 aliphatic carbocycles. The molecule has 1 saturated heterocycles. The summed E-state index contributed by atoms with van der Waals surface area (Å²) < 4.78 is 13.1. The van der Waals surface area contributed by atoms with Crippen LogP contribution < -0.4 is 5.73 Å². The molecular weight excluding hydrogens is 207 g/mol. The Kier molecular flexibility index (Phi) is 3.12. The average Bonchev–Trinajstić information content (AvgIpc) is 2.52. The number of likely N-dealkylation sites (tertiary alicyclic amines) is 1. The number of rotatable bonds is 2. The van der Waals surface area contributed by atoms with E-state index in [4.69, 9.17) is 10.8 Å². The predicted molar refractivity (Wildman–Crippen MR) is 60.5 cm³/mol. The maximum Gasteiger partial charge on any atom is 0.165 e. The number of phenolic OH excluding ortho intramolecular Hbond substituents is 1. The maximum absolute atomic E-state index is 13.1. The Labute approximate surface area is 94.7 Å². The normalized spacial score (nSPS) is 26.2. The monoisotopic (exact) mass is 224 g/mol. The highest BCUT2D eigenvalue weighted by Gasteiger charge is 2.26. The van der Waals surface area contributed by atoms with Crippen LogP contribution >= 0.6 is 0 Å². The minimum Gasteiger partial charge on any atom is -0.505 e. The van der Waals surface area contributed by atoms with E-state index in [1.807, 2.05) is 0 Å². The molecule has 1 heterocycles. The second-order valence-electron chi connectivity index (χ2n) is 4.62. The zero-order valence-electron chi connectivity index (χ0n) is 9.36. The van der Waals surface area contributed by atoms with Gasteiger partial charge >= 0.3 is 0 Å². The second-order valence-corrected chi connectivity index (χ2v) is 4.62. The summed E-state index contributed by atoms with van der Waals surface area (Å²) in [7, 11) is 0. The van der Waals surface area contributed by atoms with E-state index in [1.54, 1.807) is 6.07 Å². The molecule has 2 unspecified atom stereocenters. The third kappa shape index (κ3) is 2.33. The summed E-state index contributed by atoms with van der Waals surface area (Å²) in [6.07, 6.45) is 0. The molecule has 1 aromatic rings. The van der Waals surface area contributed by atoms with Crippen LogP contribution in [0.15, 0.2) is 18.2 Å². The van der Waals surface area contributed by atoms with Crippen LogP contribution in [0.2, 0.25) is 0 Å². The van der Waals surface area contributed by atoms with Crippen molar-refractivity contribution in [3.63, 3.8) is 0 Å². The van der Waals surface area contributed by atoms with E-state index in [0.29, 0.717) is 12.5 Å². The van der Waals surface area contributed by atoms with Crippen molar-refractivity contribution in [3.05, 3.63) is 29.6 Å². The number of aromatic hydroxyl groups is 1. The molecule has 88 valence electrons. The SMILES string of the molecule is CC1CN(Cc2ccc(O)c(F)c2)CC1N. The third-order valence-corrected chi connectivity index (χ3v) is 3.16. The highest BCUT2D eigenvalue weighted by Crippen LogP contribution is 2.20. The molecule has 1 aliphatic heterocycles. The van der Waals surface area contributed by atoms with E-state index >= 15 is 0 Å². The predicted octanol–water partition coefficient (Wildman–Crippen LogP) is 1.31. The summed E-state index contributed by atoms with van der Waals surface area (Å²) in [5, 5.41) is 9.08. The Morgan fingerprint density at radius 1 is 1.50 bits per heavy atom. The average molecular weight is 224 g/mol. The van der Waals surface area contributed by atoms with Crippen molar-refractivity contribution in [1.29, 1.82) is 0 Å². The van der Waals surface area contributed by atoms with Crippen molar-refractivity contribution in [2.75, 3.05) is 13.1 Å². The molecule has 0 radical (unpaired) electrons. The lowest BCUT2D eigenvalue weighted by Crippen LogP contribution is -2.28. The van der Waals surface area contributed by atoms with E-state index in [2.05, 4.69) is 11.8 Å². The van der Waals surface area contributed by atoms with Crippen LogP contribution in [-0.4, -0.2) is 29.1 Å². The van der Waals surface area contributed by atoms with Gasteiger partial charge in [0.05, 0.1) is 0 Å². The van der Waals surface area contributed by atoms with Crippen LogP contribution in [-0.2, 0) is 6.54 Å². The minimum absolute atomic E-state index is 0.210. The maximum atomic E-state index is 13.1. The summed E-state index contributed by atoms with van der Waals surface area (Å²) in [4.78, 5) is 2.21. The van der Waals surface area contributed by atoms with Crippen molar-refractivity contribution in [3.8, 4) is 5.75 Å². The van der Waals surface area contributed by atoms with Gasteiger partial charge in [-0.25, -0.2) is 4.39 Å². The molecule has 2 atom stereocenters. The van der Waals surface area contributed by atoms with Crippen molar-refractivity contribution in [1.82, 2.24) is 4.90 Å². The van der Waals surface area contributed by atoms with Crippen LogP contribution in [0.5, 0.6) is 5.75 Å². The van der Waals surface area contributed by atoms with Gasteiger partial charge in [0.15, 0.2) is 11.6 Å². The van der Waals surface area contributed by atoms with E-state index in [9.17, 15) is 4.39 Å².